The SMILES string of the molecule is CC1CN(CC2Cc3ccccc32)CCC1Br. The number of piperidine rings is 1. The van der Waals surface area contributed by atoms with E-state index in [1.807, 2.05) is 0 Å². The van der Waals surface area contributed by atoms with Gasteiger partial charge in [-0.3, -0.25) is 0 Å². The highest BCUT2D eigenvalue weighted by Crippen LogP contribution is 2.36. The van der Waals surface area contributed by atoms with Crippen LogP contribution in [0.5, 0.6) is 0 Å². The number of alkyl halides is 1. The molecule has 0 spiro atoms. The van der Waals surface area contributed by atoms with Gasteiger partial charge in [-0.25, -0.2) is 0 Å². The molecule has 1 nitrogen and oxygen atoms in total. The number of hydrogen-bond donors (Lipinski definition) is 0. The fourth-order valence-corrected chi connectivity index (χ4v) is 3.58. The molecule has 0 radical (unpaired) electrons. The van der Waals surface area contributed by atoms with Gasteiger partial charge in [0.2, 0.25) is 0 Å². The van der Waals surface area contributed by atoms with E-state index in [4.69, 9.17) is 0 Å². The van der Waals surface area contributed by atoms with E-state index < -0.39 is 0 Å². The molecule has 1 aromatic rings. The largest absolute Gasteiger partial charge is 0.302 e. The summed E-state index contributed by atoms with van der Waals surface area (Å²) in [6, 6.07) is 8.93. The lowest BCUT2D eigenvalue weighted by Crippen LogP contribution is -2.43. The van der Waals surface area contributed by atoms with E-state index in [9.17, 15) is 0 Å². The summed E-state index contributed by atoms with van der Waals surface area (Å²) >= 11 is 3.78. The monoisotopic (exact) mass is 293 g/mol. The second-order valence-electron chi connectivity index (χ2n) is 5.64. The molecule has 3 atom stereocenters. The van der Waals surface area contributed by atoms with Crippen LogP contribution in [0.3, 0.4) is 0 Å². The van der Waals surface area contributed by atoms with Gasteiger partial charge in [0.1, 0.15) is 0 Å². The minimum Gasteiger partial charge on any atom is -0.302 e. The molecule has 1 heterocycles. The zero-order valence-corrected chi connectivity index (χ0v) is 12.0. The molecular weight excluding hydrogens is 274 g/mol. The molecule has 1 saturated heterocycles. The standard InChI is InChI=1S/C15H20BrN/c1-11-9-17(7-6-15(11)16)10-13-8-12-4-2-3-5-14(12)13/h2-5,11,13,15H,6-10H2,1H3. The van der Waals surface area contributed by atoms with Crippen LogP contribution in [0.2, 0.25) is 0 Å². The van der Waals surface area contributed by atoms with Crippen LogP contribution in [0.4, 0.5) is 0 Å². The number of likely N-dealkylation sites (tertiary alicyclic amines) is 1. The first-order valence-corrected chi connectivity index (χ1v) is 7.60. The van der Waals surface area contributed by atoms with E-state index in [-0.39, 0.29) is 0 Å². The van der Waals surface area contributed by atoms with E-state index in [1.165, 1.54) is 32.5 Å². The Balaban J connectivity index is 1.59. The summed E-state index contributed by atoms with van der Waals surface area (Å²) in [5.74, 6) is 1.59. The molecule has 0 bridgehead atoms. The third kappa shape index (κ3) is 2.30. The van der Waals surface area contributed by atoms with Crippen molar-refractivity contribution in [2.45, 2.75) is 30.5 Å². The Morgan fingerprint density at radius 1 is 1.35 bits per heavy atom. The Labute approximate surface area is 112 Å². The number of halogens is 1. The molecule has 0 amide bonds. The van der Waals surface area contributed by atoms with E-state index >= 15 is 0 Å². The van der Waals surface area contributed by atoms with Gasteiger partial charge < -0.3 is 4.90 Å². The van der Waals surface area contributed by atoms with Gasteiger partial charge in [-0.15, -0.1) is 0 Å². The fraction of sp³-hybridized carbons (Fsp3) is 0.600. The van der Waals surface area contributed by atoms with Crippen LogP contribution in [-0.4, -0.2) is 29.4 Å². The van der Waals surface area contributed by atoms with Crippen LogP contribution in [0.1, 0.15) is 30.4 Å². The fourth-order valence-electron chi connectivity index (χ4n) is 3.21. The number of fused-ring (bicyclic) bond motifs is 1. The van der Waals surface area contributed by atoms with Gasteiger partial charge in [0.25, 0.3) is 0 Å². The average Bonchev–Trinajstić information content (AvgIpc) is 2.31. The van der Waals surface area contributed by atoms with Gasteiger partial charge in [-0.1, -0.05) is 47.1 Å². The number of benzene rings is 1. The molecular formula is C15H20BrN. The molecule has 2 heteroatoms. The Morgan fingerprint density at radius 3 is 2.94 bits per heavy atom. The molecule has 17 heavy (non-hydrogen) atoms. The summed E-state index contributed by atoms with van der Waals surface area (Å²) < 4.78 is 0. The maximum Gasteiger partial charge on any atom is 0.0195 e. The normalized spacial score (nSPS) is 32.9. The van der Waals surface area contributed by atoms with Crippen molar-refractivity contribution in [3.8, 4) is 0 Å². The van der Waals surface area contributed by atoms with Crippen LogP contribution < -0.4 is 0 Å². The van der Waals surface area contributed by atoms with Gasteiger partial charge >= 0.3 is 0 Å². The van der Waals surface area contributed by atoms with E-state index in [2.05, 4.69) is 52.0 Å². The average molecular weight is 294 g/mol. The zero-order chi connectivity index (χ0) is 11.8. The second kappa shape index (κ2) is 4.74. The number of nitrogens with zero attached hydrogens (tertiary/aromatic N) is 1. The molecule has 1 aliphatic carbocycles. The summed E-state index contributed by atoms with van der Waals surface area (Å²) in [4.78, 5) is 3.38. The quantitative estimate of drug-likeness (QED) is 0.755. The molecule has 3 unspecified atom stereocenters. The summed E-state index contributed by atoms with van der Waals surface area (Å²) in [6.45, 7) is 6.15. The van der Waals surface area contributed by atoms with Crippen LogP contribution in [-0.2, 0) is 6.42 Å². The molecule has 0 N–H and O–H groups in total. The highest BCUT2D eigenvalue weighted by atomic mass is 79.9. The molecule has 2 aliphatic rings. The lowest BCUT2D eigenvalue weighted by atomic mass is 9.77. The van der Waals surface area contributed by atoms with Crippen LogP contribution in [0.15, 0.2) is 24.3 Å². The van der Waals surface area contributed by atoms with E-state index in [0.29, 0.717) is 0 Å². The first-order chi connectivity index (χ1) is 8.24. The molecule has 1 aliphatic heterocycles. The van der Waals surface area contributed by atoms with Crippen molar-refractivity contribution in [1.29, 1.82) is 0 Å². The molecule has 0 saturated carbocycles. The minimum absolute atomic E-state index is 0.729. The zero-order valence-electron chi connectivity index (χ0n) is 10.4. The highest BCUT2D eigenvalue weighted by molar-refractivity contribution is 9.09. The first kappa shape index (κ1) is 11.7. The third-order valence-electron chi connectivity index (χ3n) is 4.32. The molecule has 92 valence electrons. The molecule has 1 aromatic carbocycles. The van der Waals surface area contributed by atoms with Gasteiger partial charge in [-0.2, -0.15) is 0 Å². The van der Waals surface area contributed by atoms with Crippen molar-refractivity contribution >= 4 is 15.9 Å². The van der Waals surface area contributed by atoms with E-state index in [1.54, 1.807) is 11.1 Å². The van der Waals surface area contributed by atoms with Crippen molar-refractivity contribution in [2.75, 3.05) is 19.6 Å². The van der Waals surface area contributed by atoms with Gasteiger partial charge in [0.05, 0.1) is 0 Å². The summed E-state index contributed by atoms with van der Waals surface area (Å²) in [5, 5.41) is 0. The predicted octanol–water partition coefficient (Wildman–Crippen LogP) is 3.43. The van der Waals surface area contributed by atoms with Crippen molar-refractivity contribution in [1.82, 2.24) is 4.90 Å². The minimum atomic E-state index is 0.729. The predicted molar refractivity (Wildman–Crippen MR) is 75.8 cm³/mol. The van der Waals surface area contributed by atoms with Crippen molar-refractivity contribution < 1.29 is 0 Å². The van der Waals surface area contributed by atoms with Crippen molar-refractivity contribution in [3.63, 3.8) is 0 Å². The maximum atomic E-state index is 3.78. The van der Waals surface area contributed by atoms with Gasteiger partial charge in [-0.05, 0) is 36.4 Å². The summed E-state index contributed by atoms with van der Waals surface area (Å²) in [5.41, 5.74) is 3.17. The highest BCUT2D eigenvalue weighted by Gasteiger charge is 2.30. The van der Waals surface area contributed by atoms with Crippen LogP contribution >= 0.6 is 15.9 Å². The lowest BCUT2D eigenvalue weighted by molar-refractivity contribution is 0.176. The smallest absolute Gasteiger partial charge is 0.0195 e. The second-order valence-corrected chi connectivity index (χ2v) is 6.82. The lowest BCUT2D eigenvalue weighted by Gasteiger charge is -2.39. The molecule has 1 fully saturated rings. The first-order valence-electron chi connectivity index (χ1n) is 6.68. The van der Waals surface area contributed by atoms with Gasteiger partial charge in [0, 0.05) is 23.8 Å². The number of rotatable bonds is 2. The van der Waals surface area contributed by atoms with Crippen molar-refractivity contribution in [3.05, 3.63) is 35.4 Å². The Bertz CT molecular complexity index is 404. The molecule has 3 rings (SSSR count). The maximum absolute atomic E-state index is 3.78. The van der Waals surface area contributed by atoms with Crippen LogP contribution in [0.25, 0.3) is 0 Å². The summed E-state index contributed by atoms with van der Waals surface area (Å²) in [6.07, 6.45) is 2.59. The Morgan fingerprint density at radius 2 is 2.18 bits per heavy atom. The molecule has 0 aromatic heterocycles. The Kier molecular flexibility index (Phi) is 3.27. The van der Waals surface area contributed by atoms with Crippen molar-refractivity contribution in [2.24, 2.45) is 5.92 Å². The number of hydrogen-bond acceptors (Lipinski definition) is 1. The van der Waals surface area contributed by atoms with E-state index in [0.717, 1.165) is 16.7 Å². The Hall–Kier alpha value is -0.340. The summed E-state index contributed by atoms with van der Waals surface area (Å²) in [7, 11) is 0. The van der Waals surface area contributed by atoms with Gasteiger partial charge in [0.15, 0.2) is 0 Å². The van der Waals surface area contributed by atoms with Crippen LogP contribution in [0, 0.1) is 5.92 Å². The third-order valence-corrected chi connectivity index (χ3v) is 5.68. The topological polar surface area (TPSA) is 3.24 Å².